The summed E-state index contributed by atoms with van der Waals surface area (Å²) in [5.41, 5.74) is 8.35. The second-order valence-electron chi connectivity index (χ2n) is 8.76. The summed E-state index contributed by atoms with van der Waals surface area (Å²) >= 11 is 0. The molecule has 6 heteroatoms. The quantitative estimate of drug-likeness (QED) is 0.504. The van der Waals surface area contributed by atoms with Crippen molar-refractivity contribution in [1.29, 1.82) is 0 Å². The van der Waals surface area contributed by atoms with Crippen LogP contribution in [0.15, 0.2) is 39.9 Å². The number of aryl methyl sites for hydroxylation is 2. The van der Waals surface area contributed by atoms with Crippen molar-refractivity contribution in [2.75, 3.05) is 0 Å². The van der Waals surface area contributed by atoms with Gasteiger partial charge in [-0.2, -0.15) is 0 Å². The molecule has 0 unspecified atom stereocenters. The molecule has 0 amide bonds. The van der Waals surface area contributed by atoms with Crippen LogP contribution in [0.4, 0.5) is 0 Å². The van der Waals surface area contributed by atoms with Crippen molar-refractivity contribution in [3.8, 4) is 22.4 Å². The smallest absolute Gasteiger partial charge is 0.332 e. The van der Waals surface area contributed by atoms with E-state index in [9.17, 15) is 14.7 Å². The lowest BCUT2D eigenvalue weighted by Crippen LogP contribution is -2.37. The van der Waals surface area contributed by atoms with Crippen LogP contribution >= 0.6 is 0 Å². The molecule has 1 aliphatic rings. The van der Waals surface area contributed by atoms with E-state index in [1.165, 1.54) is 17.2 Å². The van der Waals surface area contributed by atoms with E-state index in [1.807, 2.05) is 38.1 Å². The minimum atomic E-state index is -0.906. The minimum absolute atomic E-state index is 0.325. The van der Waals surface area contributed by atoms with Gasteiger partial charge in [0.15, 0.2) is 5.65 Å². The second kappa shape index (κ2) is 6.74. The van der Waals surface area contributed by atoms with Gasteiger partial charge in [0, 0.05) is 30.8 Å². The Hall–Kier alpha value is -3.51. The molecule has 2 aromatic heterocycles. The van der Waals surface area contributed by atoms with Crippen molar-refractivity contribution in [2.24, 2.45) is 14.1 Å². The maximum atomic E-state index is 13.5. The number of fused-ring (bicyclic) bond motifs is 4. The largest absolute Gasteiger partial charge is 0.384 e. The van der Waals surface area contributed by atoms with Crippen molar-refractivity contribution in [2.45, 2.75) is 33.8 Å². The average Bonchev–Trinajstić information content (AvgIpc) is 3.08. The number of aliphatic hydroxyl groups is 1. The highest BCUT2D eigenvalue weighted by molar-refractivity contribution is 6.00. The molecule has 0 saturated carbocycles. The molecule has 0 radical (unpaired) electrons. The third-order valence-electron chi connectivity index (χ3n) is 7.16. The highest BCUT2D eigenvalue weighted by atomic mass is 16.3. The Labute approximate surface area is 185 Å². The van der Waals surface area contributed by atoms with Gasteiger partial charge >= 0.3 is 5.69 Å². The third-order valence-corrected chi connectivity index (χ3v) is 7.16. The Bertz CT molecular complexity index is 1590. The first-order valence-electron chi connectivity index (χ1n) is 10.6. The van der Waals surface area contributed by atoms with Gasteiger partial charge in [-0.25, -0.2) is 9.78 Å². The molecule has 0 aliphatic heterocycles. The SMILES string of the molecule is Cc1cc(-c2c3c(nc4c2c(=O)n(C)c(=O)n4C)-c2ccccc2[C@@H]3O)c(C)c(C)c1C. The molecule has 5 rings (SSSR count). The zero-order valence-corrected chi connectivity index (χ0v) is 19.1. The first-order valence-corrected chi connectivity index (χ1v) is 10.6. The van der Waals surface area contributed by atoms with Crippen LogP contribution in [-0.2, 0) is 14.1 Å². The molecule has 1 atom stereocenters. The lowest BCUT2D eigenvalue weighted by Gasteiger charge is -2.21. The van der Waals surface area contributed by atoms with E-state index in [0.29, 0.717) is 27.9 Å². The lowest BCUT2D eigenvalue weighted by atomic mass is 9.86. The van der Waals surface area contributed by atoms with Gasteiger partial charge in [0.2, 0.25) is 0 Å². The van der Waals surface area contributed by atoms with E-state index >= 15 is 0 Å². The number of aliphatic hydroxyl groups excluding tert-OH is 1. The van der Waals surface area contributed by atoms with Gasteiger partial charge in [-0.1, -0.05) is 30.3 Å². The van der Waals surface area contributed by atoms with Crippen LogP contribution in [0.3, 0.4) is 0 Å². The molecule has 1 aliphatic carbocycles. The lowest BCUT2D eigenvalue weighted by molar-refractivity contribution is 0.225. The minimum Gasteiger partial charge on any atom is -0.384 e. The van der Waals surface area contributed by atoms with Crippen LogP contribution in [0.25, 0.3) is 33.4 Å². The maximum absolute atomic E-state index is 13.5. The summed E-state index contributed by atoms with van der Waals surface area (Å²) in [5, 5.41) is 11.7. The Balaban J connectivity index is 2.10. The Morgan fingerprint density at radius 3 is 2.31 bits per heavy atom. The van der Waals surface area contributed by atoms with Crippen LogP contribution in [0.5, 0.6) is 0 Å². The topological polar surface area (TPSA) is 77.1 Å². The normalized spacial score (nSPS) is 14.7. The van der Waals surface area contributed by atoms with Crippen molar-refractivity contribution < 1.29 is 5.11 Å². The van der Waals surface area contributed by atoms with E-state index < -0.39 is 17.4 Å². The molecule has 0 spiro atoms. The zero-order valence-electron chi connectivity index (χ0n) is 19.1. The molecule has 0 fully saturated rings. The molecule has 1 N–H and O–H groups in total. The fourth-order valence-electron chi connectivity index (χ4n) is 4.93. The van der Waals surface area contributed by atoms with Gasteiger partial charge in [0.25, 0.3) is 5.56 Å². The molecular formula is C26H25N3O3. The summed E-state index contributed by atoms with van der Waals surface area (Å²) in [5.74, 6) is 0. The van der Waals surface area contributed by atoms with E-state index in [-0.39, 0.29) is 0 Å². The van der Waals surface area contributed by atoms with E-state index in [4.69, 9.17) is 4.98 Å². The van der Waals surface area contributed by atoms with Gasteiger partial charge in [0.1, 0.15) is 6.10 Å². The molecule has 2 aromatic carbocycles. The van der Waals surface area contributed by atoms with Gasteiger partial charge in [-0.05, 0) is 61.1 Å². The highest BCUT2D eigenvalue weighted by Crippen LogP contribution is 2.49. The predicted octanol–water partition coefficient (Wildman–Crippen LogP) is 3.59. The monoisotopic (exact) mass is 427 g/mol. The van der Waals surface area contributed by atoms with E-state index in [2.05, 4.69) is 19.9 Å². The second-order valence-corrected chi connectivity index (χ2v) is 8.76. The van der Waals surface area contributed by atoms with Crippen LogP contribution in [0, 0.1) is 27.7 Å². The Morgan fingerprint density at radius 1 is 0.906 bits per heavy atom. The fraction of sp³-hybridized carbons (Fsp3) is 0.269. The van der Waals surface area contributed by atoms with Crippen molar-refractivity contribution in [3.63, 3.8) is 0 Å². The fourth-order valence-corrected chi connectivity index (χ4v) is 4.93. The van der Waals surface area contributed by atoms with Crippen molar-refractivity contribution in [3.05, 3.63) is 84.6 Å². The van der Waals surface area contributed by atoms with E-state index in [1.54, 1.807) is 7.05 Å². The van der Waals surface area contributed by atoms with Crippen LogP contribution in [0.2, 0.25) is 0 Å². The van der Waals surface area contributed by atoms with Gasteiger partial charge in [-0.15, -0.1) is 0 Å². The molecule has 6 nitrogen and oxygen atoms in total. The van der Waals surface area contributed by atoms with Gasteiger partial charge < -0.3 is 5.11 Å². The average molecular weight is 428 g/mol. The maximum Gasteiger partial charge on any atom is 0.332 e. The number of aromatic nitrogens is 3. The number of nitrogens with zero attached hydrogens (tertiary/aromatic N) is 3. The first kappa shape index (κ1) is 20.4. The zero-order chi connectivity index (χ0) is 23.1. The number of rotatable bonds is 1. The highest BCUT2D eigenvalue weighted by Gasteiger charge is 2.34. The molecule has 2 heterocycles. The van der Waals surface area contributed by atoms with Crippen molar-refractivity contribution >= 4 is 11.0 Å². The van der Waals surface area contributed by atoms with E-state index in [0.717, 1.165) is 37.9 Å². The predicted molar refractivity (Wildman–Crippen MR) is 126 cm³/mol. The molecule has 162 valence electrons. The van der Waals surface area contributed by atoms with Crippen LogP contribution in [0.1, 0.15) is 39.5 Å². The van der Waals surface area contributed by atoms with Crippen LogP contribution < -0.4 is 11.2 Å². The summed E-state index contributed by atoms with van der Waals surface area (Å²) in [7, 11) is 3.11. The molecular weight excluding hydrogens is 402 g/mol. The number of hydrogen-bond acceptors (Lipinski definition) is 4. The number of pyridine rings is 1. The summed E-state index contributed by atoms with van der Waals surface area (Å²) < 4.78 is 2.52. The number of benzene rings is 2. The van der Waals surface area contributed by atoms with Gasteiger partial charge in [-0.3, -0.25) is 13.9 Å². The van der Waals surface area contributed by atoms with Crippen LogP contribution in [-0.4, -0.2) is 19.2 Å². The summed E-state index contributed by atoms with van der Waals surface area (Å²) in [6.07, 6.45) is -0.906. The van der Waals surface area contributed by atoms with Gasteiger partial charge in [0.05, 0.1) is 11.1 Å². The molecule has 0 saturated heterocycles. The Morgan fingerprint density at radius 2 is 1.59 bits per heavy atom. The molecule has 0 bridgehead atoms. The number of hydrogen-bond donors (Lipinski definition) is 1. The standard InChI is InChI=1S/C26H25N3O3/c1-12-11-18(15(4)14(3)13(12)2)19-20-22(16-9-7-8-10-17(16)23(20)30)27-24-21(19)25(31)29(6)26(32)28(24)5/h7-11,23,30H,1-6H3/t23-/m0/s1. The van der Waals surface area contributed by atoms with Crippen molar-refractivity contribution in [1.82, 2.24) is 14.1 Å². The third kappa shape index (κ3) is 2.47. The summed E-state index contributed by atoms with van der Waals surface area (Å²) in [4.78, 5) is 30.9. The summed E-state index contributed by atoms with van der Waals surface area (Å²) in [6.45, 7) is 8.25. The summed E-state index contributed by atoms with van der Waals surface area (Å²) in [6, 6.07) is 9.66. The first-order chi connectivity index (χ1) is 15.1. The molecule has 32 heavy (non-hydrogen) atoms. The molecule has 4 aromatic rings. The Kier molecular flexibility index (Phi) is 4.30.